The first kappa shape index (κ1) is 18.0. The minimum absolute atomic E-state index is 0.123. The second-order valence-electron chi connectivity index (χ2n) is 6.84. The van der Waals surface area contributed by atoms with E-state index in [1.807, 2.05) is 30.3 Å². The molecule has 2 aliphatic heterocycles. The van der Waals surface area contributed by atoms with Crippen LogP contribution in [-0.4, -0.2) is 34.8 Å². The van der Waals surface area contributed by atoms with Crippen LogP contribution in [0.5, 0.6) is 0 Å². The Hall–Kier alpha value is -3.41. The quantitative estimate of drug-likeness (QED) is 0.813. The van der Waals surface area contributed by atoms with E-state index in [-0.39, 0.29) is 17.8 Å². The number of halogens is 1. The molecule has 6 heteroatoms. The van der Waals surface area contributed by atoms with E-state index < -0.39 is 6.04 Å². The van der Waals surface area contributed by atoms with E-state index in [1.165, 1.54) is 12.1 Å². The lowest BCUT2D eigenvalue weighted by Gasteiger charge is -2.33. The van der Waals surface area contributed by atoms with Crippen molar-refractivity contribution in [2.45, 2.75) is 12.6 Å². The molecule has 0 saturated carbocycles. The molecule has 2 aromatic carbocycles. The van der Waals surface area contributed by atoms with Crippen LogP contribution in [-0.2, 0) is 11.3 Å². The van der Waals surface area contributed by atoms with E-state index in [9.17, 15) is 14.0 Å². The first-order chi connectivity index (χ1) is 13.6. The van der Waals surface area contributed by atoms with Crippen molar-refractivity contribution in [3.05, 3.63) is 95.5 Å². The third-order valence-electron chi connectivity index (χ3n) is 5.03. The molecule has 4 rings (SSSR count). The van der Waals surface area contributed by atoms with Gasteiger partial charge in [0.2, 0.25) is 0 Å². The molecule has 0 aromatic heterocycles. The van der Waals surface area contributed by atoms with Gasteiger partial charge in [-0.25, -0.2) is 9.18 Å². The number of carbonyl (C=O) groups is 2. The molecule has 0 radical (unpaired) electrons. The summed E-state index contributed by atoms with van der Waals surface area (Å²) < 4.78 is 13.2. The number of urea groups is 1. The second-order valence-corrected chi connectivity index (χ2v) is 6.84. The Morgan fingerprint density at radius 2 is 1.82 bits per heavy atom. The molecule has 0 aliphatic carbocycles. The molecular formula is C22H20FN3O2. The number of nitrogens with one attached hydrogen (secondary N) is 1. The summed E-state index contributed by atoms with van der Waals surface area (Å²) in [5.74, 6) is -0.438. The molecule has 3 amide bonds. The van der Waals surface area contributed by atoms with Gasteiger partial charge in [0.1, 0.15) is 5.82 Å². The summed E-state index contributed by atoms with van der Waals surface area (Å²) in [5.41, 5.74) is 2.97. The zero-order chi connectivity index (χ0) is 19.7. The molecule has 142 valence electrons. The van der Waals surface area contributed by atoms with Crippen LogP contribution in [0.15, 0.2) is 78.5 Å². The molecule has 28 heavy (non-hydrogen) atoms. The van der Waals surface area contributed by atoms with Crippen LogP contribution in [0, 0.1) is 5.82 Å². The van der Waals surface area contributed by atoms with Gasteiger partial charge >= 0.3 is 6.03 Å². The van der Waals surface area contributed by atoms with Crippen molar-refractivity contribution < 1.29 is 14.0 Å². The van der Waals surface area contributed by atoms with Gasteiger partial charge in [-0.1, -0.05) is 48.5 Å². The van der Waals surface area contributed by atoms with Crippen molar-refractivity contribution in [2.24, 2.45) is 0 Å². The molecule has 2 heterocycles. The van der Waals surface area contributed by atoms with Crippen LogP contribution in [0.4, 0.5) is 9.18 Å². The Balaban J connectivity index is 1.68. The highest BCUT2D eigenvalue weighted by atomic mass is 19.1. The van der Waals surface area contributed by atoms with Crippen LogP contribution >= 0.6 is 0 Å². The standard InChI is InChI=1S/C22H20FN3O2/c1-2-12-26-18-14-25(13-15-8-10-17(23)11-9-15)21(27)19(18)20(24-22(26)28)16-6-4-3-5-7-16/h2-11,20H,1,12-14H2,(H,24,28)/t20-/m0/s1. The van der Waals surface area contributed by atoms with Gasteiger partial charge in [0.15, 0.2) is 0 Å². The molecule has 1 atom stereocenters. The molecule has 2 aliphatic rings. The number of nitrogens with zero attached hydrogens (tertiary/aromatic N) is 2. The zero-order valence-corrected chi connectivity index (χ0v) is 15.3. The van der Waals surface area contributed by atoms with Gasteiger partial charge in [-0.15, -0.1) is 6.58 Å². The lowest BCUT2D eigenvalue weighted by Crippen LogP contribution is -2.47. The lowest BCUT2D eigenvalue weighted by atomic mass is 9.95. The summed E-state index contributed by atoms with van der Waals surface area (Å²) in [4.78, 5) is 29.2. The average Bonchev–Trinajstić information content (AvgIpc) is 3.02. The van der Waals surface area contributed by atoms with Crippen molar-refractivity contribution in [2.75, 3.05) is 13.1 Å². The summed E-state index contributed by atoms with van der Waals surface area (Å²) in [6.07, 6.45) is 1.64. The third-order valence-corrected chi connectivity index (χ3v) is 5.03. The summed E-state index contributed by atoms with van der Waals surface area (Å²) in [6, 6.07) is 14.8. The van der Waals surface area contributed by atoms with E-state index >= 15 is 0 Å². The zero-order valence-electron chi connectivity index (χ0n) is 15.3. The number of carbonyl (C=O) groups excluding carboxylic acids is 2. The molecule has 1 N–H and O–H groups in total. The molecule has 0 unspecified atom stereocenters. The first-order valence-corrected chi connectivity index (χ1v) is 9.09. The number of hydrogen-bond acceptors (Lipinski definition) is 2. The van der Waals surface area contributed by atoms with Gasteiger partial charge in [-0.2, -0.15) is 0 Å². The van der Waals surface area contributed by atoms with Crippen molar-refractivity contribution >= 4 is 11.9 Å². The SMILES string of the molecule is C=CCN1C(=O)N[C@@H](c2ccccc2)C2=C1CN(Cc1ccc(F)cc1)C2=O. The Bertz CT molecular complexity index is 954. The maximum Gasteiger partial charge on any atom is 0.322 e. The number of rotatable bonds is 5. The van der Waals surface area contributed by atoms with Gasteiger partial charge in [0, 0.05) is 13.1 Å². The molecular weight excluding hydrogens is 357 g/mol. The van der Waals surface area contributed by atoms with Crippen molar-refractivity contribution in [3.8, 4) is 0 Å². The predicted molar refractivity (Wildman–Crippen MR) is 103 cm³/mol. The van der Waals surface area contributed by atoms with Gasteiger partial charge in [-0.3, -0.25) is 9.69 Å². The van der Waals surface area contributed by atoms with Crippen molar-refractivity contribution in [1.29, 1.82) is 0 Å². The minimum atomic E-state index is -0.490. The van der Waals surface area contributed by atoms with Crippen molar-refractivity contribution in [3.63, 3.8) is 0 Å². The predicted octanol–water partition coefficient (Wildman–Crippen LogP) is 3.37. The molecule has 5 nitrogen and oxygen atoms in total. The van der Waals surface area contributed by atoms with Crippen molar-refractivity contribution in [1.82, 2.24) is 15.1 Å². The molecule has 0 spiro atoms. The fourth-order valence-electron chi connectivity index (χ4n) is 3.70. The minimum Gasteiger partial charge on any atom is -0.329 e. The summed E-state index contributed by atoms with van der Waals surface area (Å²) in [6.45, 7) is 4.72. The smallest absolute Gasteiger partial charge is 0.322 e. The highest BCUT2D eigenvalue weighted by Gasteiger charge is 2.43. The molecule has 0 bridgehead atoms. The fraction of sp³-hybridized carbons (Fsp3) is 0.182. The van der Waals surface area contributed by atoms with Crippen LogP contribution in [0.25, 0.3) is 0 Å². The van der Waals surface area contributed by atoms with Crippen LogP contribution in [0.3, 0.4) is 0 Å². The molecule has 2 aromatic rings. The summed E-state index contributed by atoms with van der Waals surface area (Å²) >= 11 is 0. The van der Waals surface area contributed by atoms with E-state index in [1.54, 1.807) is 28.0 Å². The van der Waals surface area contributed by atoms with Crippen LogP contribution in [0.1, 0.15) is 17.2 Å². The van der Waals surface area contributed by atoms with E-state index in [0.29, 0.717) is 30.9 Å². The van der Waals surface area contributed by atoms with E-state index in [4.69, 9.17) is 0 Å². The maximum absolute atomic E-state index is 13.2. The Morgan fingerprint density at radius 3 is 2.50 bits per heavy atom. The largest absolute Gasteiger partial charge is 0.329 e. The first-order valence-electron chi connectivity index (χ1n) is 9.09. The Kier molecular flexibility index (Phi) is 4.69. The van der Waals surface area contributed by atoms with Gasteiger partial charge < -0.3 is 10.2 Å². The number of benzene rings is 2. The second kappa shape index (κ2) is 7.31. The lowest BCUT2D eigenvalue weighted by molar-refractivity contribution is -0.126. The number of hydrogen-bond donors (Lipinski definition) is 1. The fourth-order valence-corrected chi connectivity index (χ4v) is 3.70. The van der Waals surface area contributed by atoms with E-state index in [2.05, 4.69) is 11.9 Å². The number of amides is 3. The van der Waals surface area contributed by atoms with Crippen LogP contribution in [0.2, 0.25) is 0 Å². The Labute approximate surface area is 162 Å². The monoisotopic (exact) mass is 377 g/mol. The normalized spacial score (nSPS) is 19.0. The Morgan fingerprint density at radius 1 is 1.11 bits per heavy atom. The summed E-state index contributed by atoms with van der Waals surface area (Å²) in [5, 5.41) is 2.95. The van der Waals surface area contributed by atoms with Crippen LogP contribution < -0.4 is 5.32 Å². The summed E-state index contributed by atoms with van der Waals surface area (Å²) in [7, 11) is 0. The van der Waals surface area contributed by atoms with Gasteiger partial charge in [-0.05, 0) is 23.3 Å². The average molecular weight is 377 g/mol. The molecule has 0 fully saturated rings. The maximum atomic E-state index is 13.2. The van der Waals surface area contributed by atoms with Gasteiger partial charge in [0.25, 0.3) is 5.91 Å². The molecule has 0 saturated heterocycles. The van der Waals surface area contributed by atoms with E-state index in [0.717, 1.165) is 11.1 Å². The highest BCUT2D eigenvalue weighted by molar-refractivity contribution is 6.01. The van der Waals surface area contributed by atoms with Gasteiger partial charge in [0.05, 0.1) is 23.9 Å². The third kappa shape index (κ3) is 3.17. The topological polar surface area (TPSA) is 52.7 Å². The highest BCUT2D eigenvalue weighted by Crippen LogP contribution is 2.36.